The second-order valence-electron chi connectivity index (χ2n) is 5.92. The fourth-order valence-electron chi connectivity index (χ4n) is 2.76. The molecule has 1 aliphatic rings. The second kappa shape index (κ2) is 6.37. The van der Waals surface area contributed by atoms with E-state index in [1.807, 2.05) is 4.68 Å². The number of sulfone groups is 1. The molecule has 0 saturated carbocycles. The number of nitrogens with zero attached hydrogens (tertiary/aromatic N) is 3. The highest BCUT2D eigenvalue weighted by molar-refractivity contribution is 7.90. The molecule has 2 heterocycles. The van der Waals surface area contributed by atoms with Crippen molar-refractivity contribution in [3.63, 3.8) is 0 Å². The number of carbonyl (C=O) groups excluding carboxylic acids is 1. The van der Waals surface area contributed by atoms with Gasteiger partial charge in [-0.1, -0.05) is 12.1 Å². The van der Waals surface area contributed by atoms with Crippen LogP contribution in [0.15, 0.2) is 35.2 Å². The molecule has 0 spiro atoms. The lowest BCUT2D eigenvalue weighted by Crippen LogP contribution is -2.39. The Labute approximate surface area is 140 Å². The Bertz CT molecular complexity index is 856. The van der Waals surface area contributed by atoms with Gasteiger partial charge in [0.25, 0.3) is 0 Å². The van der Waals surface area contributed by atoms with Gasteiger partial charge >= 0.3 is 0 Å². The highest BCUT2D eigenvalue weighted by atomic mass is 32.2. The lowest BCUT2D eigenvalue weighted by atomic mass is 10.1. The largest absolute Gasteiger partial charge is 0.390 e. The van der Waals surface area contributed by atoms with Gasteiger partial charge in [0.2, 0.25) is 5.91 Å². The highest BCUT2D eigenvalue weighted by Crippen LogP contribution is 2.16. The monoisotopic (exact) mass is 349 g/mol. The summed E-state index contributed by atoms with van der Waals surface area (Å²) in [6, 6.07) is 8.20. The molecule has 128 valence electrons. The minimum atomic E-state index is -3.23. The molecule has 0 atom stereocenters. The maximum Gasteiger partial charge on any atom is 0.227 e. The van der Waals surface area contributed by atoms with Crippen LogP contribution in [0.4, 0.5) is 0 Å². The van der Waals surface area contributed by atoms with Crippen LogP contribution in [0, 0.1) is 0 Å². The number of aliphatic hydroxyl groups is 1. The minimum absolute atomic E-state index is 0.0138. The standard InChI is InChI=1S/C16H19N3O4S/c1-24(22,23)15-4-2-12(3-5-15)8-16(21)18-6-7-19-14(10-18)9-13(11-20)17-19/h2-5,9,20H,6-8,10-11H2,1H3. The van der Waals surface area contributed by atoms with Gasteiger partial charge in [0.15, 0.2) is 9.84 Å². The summed E-state index contributed by atoms with van der Waals surface area (Å²) >= 11 is 0. The SMILES string of the molecule is CS(=O)(=O)c1ccc(CC(=O)N2CCn3nc(CO)cc3C2)cc1. The molecule has 0 bridgehead atoms. The first kappa shape index (κ1) is 16.7. The van der Waals surface area contributed by atoms with Crippen LogP contribution in [0.5, 0.6) is 0 Å². The van der Waals surface area contributed by atoms with Crippen molar-refractivity contribution in [3.8, 4) is 0 Å². The zero-order chi connectivity index (χ0) is 17.3. The third-order valence-corrected chi connectivity index (χ3v) is 5.20. The quantitative estimate of drug-likeness (QED) is 0.861. The first-order chi connectivity index (χ1) is 11.4. The molecule has 0 radical (unpaired) electrons. The van der Waals surface area contributed by atoms with Crippen LogP contribution in [-0.4, -0.2) is 46.9 Å². The summed E-state index contributed by atoms with van der Waals surface area (Å²) in [5, 5.41) is 13.4. The van der Waals surface area contributed by atoms with E-state index < -0.39 is 9.84 Å². The van der Waals surface area contributed by atoms with E-state index in [2.05, 4.69) is 5.10 Å². The van der Waals surface area contributed by atoms with Gasteiger partial charge in [-0.25, -0.2) is 8.42 Å². The first-order valence-corrected chi connectivity index (χ1v) is 9.49. The van der Waals surface area contributed by atoms with Crippen molar-refractivity contribution in [2.75, 3.05) is 12.8 Å². The molecule has 0 aliphatic carbocycles. The number of hydrogen-bond donors (Lipinski definition) is 1. The maximum absolute atomic E-state index is 12.5. The zero-order valence-electron chi connectivity index (χ0n) is 13.3. The van der Waals surface area contributed by atoms with Crippen molar-refractivity contribution in [2.24, 2.45) is 0 Å². The lowest BCUT2D eigenvalue weighted by molar-refractivity contribution is -0.132. The summed E-state index contributed by atoms with van der Waals surface area (Å²) in [5.74, 6) is -0.0138. The van der Waals surface area contributed by atoms with Gasteiger partial charge in [0.1, 0.15) is 0 Å². The average Bonchev–Trinajstić information content (AvgIpc) is 2.96. The minimum Gasteiger partial charge on any atom is -0.390 e. The third kappa shape index (κ3) is 3.49. The molecule has 0 unspecified atom stereocenters. The van der Waals surface area contributed by atoms with Crippen LogP contribution >= 0.6 is 0 Å². The van der Waals surface area contributed by atoms with Crippen LogP contribution in [0.1, 0.15) is 17.0 Å². The van der Waals surface area contributed by atoms with Crippen molar-refractivity contribution < 1.29 is 18.3 Å². The number of fused-ring (bicyclic) bond motifs is 1. The van der Waals surface area contributed by atoms with E-state index in [1.54, 1.807) is 23.1 Å². The maximum atomic E-state index is 12.5. The molecular formula is C16H19N3O4S. The normalized spacial score (nSPS) is 14.5. The molecule has 1 aliphatic heterocycles. The number of amides is 1. The van der Waals surface area contributed by atoms with Crippen LogP contribution in [0.3, 0.4) is 0 Å². The summed E-state index contributed by atoms with van der Waals surface area (Å²) in [5.41, 5.74) is 2.30. The molecule has 7 nitrogen and oxygen atoms in total. The van der Waals surface area contributed by atoms with E-state index in [-0.39, 0.29) is 23.8 Å². The number of benzene rings is 1. The number of hydrogen-bond acceptors (Lipinski definition) is 5. The van der Waals surface area contributed by atoms with Crippen LogP contribution in [0.25, 0.3) is 0 Å². The number of aromatic nitrogens is 2. The van der Waals surface area contributed by atoms with Gasteiger partial charge in [-0.3, -0.25) is 9.48 Å². The molecule has 0 saturated heterocycles. The lowest BCUT2D eigenvalue weighted by Gasteiger charge is -2.27. The summed E-state index contributed by atoms with van der Waals surface area (Å²) in [4.78, 5) is 14.5. The first-order valence-electron chi connectivity index (χ1n) is 7.60. The van der Waals surface area contributed by atoms with Crippen LogP contribution < -0.4 is 0 Å². The van der Waals surface area contributed by atoms with E-state index in [4.69, 9.17) is 5.11 Å². The van der Waals surface area contributed by atoms with Gasteiger partial charge in [-0.05, 0) is 23.8 Å². The highest BCUT2D eigenvalue weighted by Gasteiger charge is 2.22. The van der Waals surface area contributed by atoms with Crippen molar-refractivity contribution in [1.82, 2.24) is 14.7 Å². The summed E-state index contributed by atoms with van der Waals surface area (Å²) < 4.78 is 24.7. The van der Waals surface area contributed by atoms with Crippen LogP contribution in [0.2, 0.25) is 0 Å². The molecule has 2 aromatic rings. The topological polar surface area (TPSA) is 92.5 Å². The Morgan fingerprint density at radius 2 is 1.96 bits per heavy atom. The van der Waals surface area contributed by atoms with Gasteiger partial charge < -0.3 is 10.0 Å². The van der Waals surface area contributed by atoms with E-state index in [9.17, 15) is 13.2 Å². The van der Waals surface area contributed by atoms with Crippen LogP contribution in [-0.2, 0) is 40.7 Å². The summed E-state index contributed by atoms with van der Waals surface area (Å²) in [6.07, 6.45) is 1.38. The zero-order valence-corrected chi connectivity index (χ0v) is 14.2. The van der Waals surface area contributed by atoms with E-state index in [0.29, 0.717) is 25.3 Å². The van der Waals surface area contributed by atoms with E-state index in [0.717, 1.165) is 17.5 Å². The van der Waals surface area contributed by atoms with Crippen molar-refractivity contribution in [1.29, 1.82) is 0 Å². The molecular weight excluding hydrogens is 330 g/mol. The molecule has 3 rings (SSSR count). The fraction of sp³-hybridized carbons (Fsp3) is 0.375. The Hall–Kier alpha value is -2.19. The molecule has 1 aromatic heterocycles. The molecule has 8 heteroatoms. The Balaban J connectivity index is 1.67. The third-order valence-electron chi connectivity index (χ3n) is 4.07. The second-order valence-corrected chi connectivity index (χ2v) is 7.93. The molecule has 1 amide bonds. The summed E-state index contributed by atoms with van der Waals surface area (Å²) in [6.45, 7) is 1.53. The molecule has 0 fully saturated rings. The molecule has 1 N–H and O–H groups in total. The van der Waals surface area contributed by atoms with Crippen molar-refractivity contribution in [2.45, 2.75) is 31.0 Å². The fourth-order valence-corrected chi connectivity index (χ4v) is 3.39. The van der Waals surface area contributed by atoms with Gasteiger partial charge in [0, 0.05) is 12.8 Å². The Morgan fingerprint density at radius 1 is 1.25 bits per heavy atom. The van der Waals surface area contributed by atoms with Gasteiger partial charge in [0.05, 0.1) is 42.4 Å². The van der Waals surface area contributed by atoms with E-state index in [1.165, 1.54) is 12.1 Å². The molecule has 24 heavy (non-hydrogen) atoms. The van der Waals surface area contributed by atoms with Crippen molar-refractivity contribution in [3.05, 3.63) is 47.3 Å². The number of aliphatic hydroxyl groups excluding tert-OH is 1. The summed E-state index contributed by atoms with van der Waals surface area (Å²) in [7, 11) is -3.23. The van der Waals surface area contributed by atoms with Gasteiger partial charge in [-0.2, -0.15) is 5.10 Å². The molecule has 1 aromatic carbocycles. The van der Waals surface area contributed by atoms with E-state index >= 15 is 0 Å². The number of carbonyl (C=O) groups is 1. The predicted molar refractivity (Wildman–Crippen MR) is 86.8 cm³/mol. The number of rotatable bonds is 4. The average molecular weight is 349 g/mol. The Morgan fingerprint density at radius 3 is 2.58 bits per heavy atom. The Kier molecular flexibility index (Phi) is 4.42. The van der Waals surface area contributed by atoms with Gasteiger partial charge in [-0.15, -0.1) is 0 Å². The van der Waals surface area contributed by atoms with Crippen molar-refractivity contribution >= 4 is 15.7 Å². The smallest absolute Gasteiger partial charge is 0.227 e. The predicted octanol–water partition coefficient (Wildman–Crippen LogP) is 0.364.